The van der Waals surface area contributed by atoms with Crippen LogP contribution in [0.3, 0.4) is 0 Å². The van der Waals surface area contributed by atoms with Crippen LogP contribution in [0.2, 0.25) is 0 Å². The monoisotopic (exact) mass is 493 g/mol. The van der Waals surface area contributed by atoms with Gasteiger partial charge in [0.25, 0.3) is 0 Å². The molecule has 11 heteroatoms. The van der Waals surface area contributed by atoms with Crippen molar-refractivity contribution in [3.8, 4) is 0 Å². The van der Waals surface area contributed by atoms with Gasteiger partial charge in [-0.15, -0.1) is 0 Å². The van der Waals surface area contributed by atoms with Crippen LogP contribution in [0.15, 0.2) is 36.8 Å². The summed E-state index contributed by atoms with van der Waals surface area (Å²) < 4.78 is 7.34. The van der Waals surface area contributed by atoms with Crippen molar-refractivity contribution >= 4 is 33.8 Å². The van der Waals surface area contributed by atoms with Crippen LogP contribution in [0.25, 0.3) is 22.1 Å². The van der Waals surface area contributed by atoms with Crippen LogP contribution in [-0.4, -0.2) is 77.3 Å². The van der Waals surface area contributed by atoms with Crippen molar-refractivity contribution in [1.29, 1.82) is 0 Å². The molecule has 4 atom stereocenters. The highest BCUT2D eigenvalue weighted by molar-refractivity contribution is 5.85. The number of rotatable bonds is 8. The maximum atomic E-state index is 10.6. The highest BCUT2D eigenvalue weighted by Gasteiger charge is 2.44. The molecular weight excluding hydrogens is 462 g/mol. The summed E-state index contributed by atoms with van der Waals surface area (Å²) in [6.07, 6.45) is 4.62. The number of nitrogens with zero attached hydrogens (tertiary/aromatic N) is 4. The quantitative estimate of drug-likeness (QED) is 0.216. The number of hydrogen-bond donors (Lipinski definition) is 6. The van der Waals surface area contributed by atoms with Gasteiger partial charge in [-0.1, -0.05) is 31.0 Å². The molecule has 190 valence electrons. The molecule has 0 unspecified atom stereocenters. The molecule has 4 aromatic rings. The van der Waals surface area contributed by atoms with Gasteiger partial charge in [0.1, 0.15) is 18.3 Å². The second-order valence-electron chi connectivity index (χ2n) is 9.61. The van der Waals surface area contributed by atoms with Crippen molar-refractivity contribution in [3.05, 3.63) is 42.4 Å². The lowest BCUT2D eigenvalue weighted by molar-refractivity contribution is -0.0511. The van der Waals surface area contributed by atoms with Crippen molar-refractivity contribution in [2.45, 2.75) is 62.7 Å². The molecule has 0 spiro atoms. The zero-order chi connectivity index (χ0) is 24.6. The Morgan fingerprint density at radius 3 is 2.75 bits per heavy atom. The number of aromatic amines is 1. The molecule has 3 aromatic heterocycles. The number of anilines is 2. The summed E-state index contributed by atoms with van der Waals surface area (Å²) in [5.41, 5.74) is 3.37. The molecule has 0 bridgehead atoms. The number of aliphatic hydroxyl groups excluding tert-OH is 3. The van der Waals surface area contributed by atoms with Crippen LogP contribution < -0.4 is 10.6 Å². The summed E-state index contributed by atoms with van der Waals surface area (Å²) in [4.78, 5) is 17.3. The molecule has 11 nitrogen and oxygen atoms in total. The first-order valence-electron chi connectivity index (χ1n) is 12.5. The van der Waals surface area contributed by atoms with Gasteiger partial charge >= 0.3 is 0 Å². The van der Waals surface area contributed by atoms with Crippen molar-refractivity contribution in [2.75, 3.05) is 23.8 Å². The number of aliphatic hydroxyl groups is 3. The Morgan fingerprint density at radius 1 is 1.11 bits per heavy atom. The molecule has 2 aliphatic rings. The summed E-state index contributed by atoms with van der Waals surface area (Å²) in [6.45, 7) is 0.226. The molecule has 4 heterocycles. The zero-order valence-corrected chi connectivity index (χ0v) is 19.8. The fourth-order valence-corrected chi connectivity index (χ4v) is 5.30. The van der Waals surface area contributed by atoms with E-state index in [1.807, 2.05) is 18.3 Å². The van der Waals surface area contributed by atoms with E-state index in [1.165, 1.54) is 30.1 Å². The predicted octanol–water partition coefficient (Wildman–Crippen LogP) is 1.93. The first-order valence-corrected chi connectivity index (χ1v) is 12.5. The Morgan fingerprint density at radius 2 is 1.94 bits per heavy atom. The van der Waals surface area contributed by atoms with E-state index in [-0.39, 0.29) is 0 Å². The van der Waals surface area contributed by atoms with E-state index in [0.29, 0.717) is 35.5 Å². The fourth-order valence-electron chi connectivity index (χ4n) is 5.30. The van der Waals surface area contributed by atoms with Crippen LogP contribution in [0, 0.1) is 0 Å². The fraction of sp³-hybridized carbons (Fsp3) is 0.480. The van der Waals surface area contributed by atoms with E-state index < -0.39 is 31.1 Å². The van der Waals surface area contributed by atoms with Crippen LogP contribution in [0.4, 0.5) is 11.8 Å². The molecular formula is C25H31N7O4. The third-order valence-electron chi connectivity index (χ3n) is 7.26. The van der Waals surface area contributed by atoms with Gasteiger partial charge in [-0.3, -0.25) is 4.57 Å². The van der Waals surface area contributed by atoms with Gasteiger partial charge in [-0.25, -0.2) is 4.98 Å². The molecule has 6 N–H and O–H groups in total. The number of ether oxygens (including phenoxy) is 1. The van der Waals surface area contributed by atoms with E-state index in [0.717, 1.165) is 24.8 Å². The highest BCUT2D eigenvalue weighted by atomic mass is 16.6. The Kier molecular flexibility index (Phi) is 6.22. The van der Waals surface area contributed by atoms with E-state index in [4.69, 9.17) is 14.7 Å². The van der Waals surface area contributed by atoms with E-state index in [1.54, 1.807) is 4.57 Å². The van der Waals surface area contributed by atoms with Crippen LogP contribution >= 0.6 is 0 Å². The largest absolute Gasteiger partial charge is 0.394 e. The predicted molar refractivity (Wildman–Crippen MR) is 135 cm³/mol. The number of imidazole rings is 1. The molecule has 1 saturated carbocycles. The molecule has 36 heavy (non-hydrogen) atoms. The Hall–Kier alpha value is -3.25. The maximum Gasteiger partial charge on any atom is 0.226 e. The summed E-state index contributed by atoms with van der Waals surface area (Å²) >= 11 is 0. The Balaban J connectivity index is 1.29. The lowest BCUT2D eigenvalue weighted by Crippen LogP contribution is -2.33. The minimum absolute atomic E-state index is 0.321. The number of para-hydroxylation sites is 1. The van der Waals surface area contributed by atoms with E-state index in [2.05, 4.69) is 32.7 Å². The Bertz CT molecular complexity index is 1350. The van der Waals surface area contributed by atoms with Crippen molar-refractivity contribution in [1.82, 2.24) is 24.5 Å². The van der Waals surface area contributed by atoms with Crippen LogP contribution in [0.1, 0.15) is 37.5 Å². The molecule has 6 rings (SSSR count). The first-order chi connectivity index (χ1) is 17.6. The molecule has 1 aromatic carbocycles. The summed E-state index contributed by atoms with van der Waals surface area (Å²) in [5, 5.41) is 38.4. The maximum absolute atomic E-state index is 10.6. The molecule has 1 aliphatic heterocycles. The lowest BCUT2D eigenvalue weighted by atomic mass is 10.1. The van der Waals surface area contributed by atoms with E-state index >= 15 is 0 Å². The van der Waals surface area contributed by atoms with Gasteiger partial charge in [-0.2, -0.15) is 9.97 Å². The van der Waals surface area contributed by atoms with Crippen LogP contribution in [0.5, 0.6) is 0 Å². The average molecular weight is 494 g/mol. The third kappa shape index (κ3) is 4.17. The molecule has 0 amide bonds. The molecule has 1 saturated heterocycles. The standard InChI is InChI=1S/C25H31N7O4/c33-12-18-20(34)21(35)24(36-18)32-13-28-19-22(29-15-5-1-2-6-15)30-25(31-23(19)32)26-10-9-14-11-27-17-8-4-3-7-16(14)17/h3-4,7-8,11,13,15,18,20-21,24,27,33-35H,1-2,5-6,9-10,12H2,(H2,26,29,30,31)/t18-,20-,21-,24-/m1/s1. The minimum atomic E-state index is -1.22. The van der Waals surface area contributed by atoms with Gasteiger partial charge in [-0.05, 0) is 30.9 Å². The second-order valence-corrected chi connectivity index (χ2v) is 9.61. The number of benzene rings is 1. The van der Waals surface area contributed by atoms with Gasteiger partial charge in [0, 0.05) is 29.7 Å². The zero-order valence-electron chi connectivity index (χ0n) is 19.8. The van der Waals surface area contributed by atoms with Gasteiger partial charge < -0.3 is 35.7 Å². The Labute approximate surface area is 207 Å². The van der Waals surface area contributed by atoms with Gasteiger partial charge in [0.05, 0.1) is 12.9 Å². The number of aromatic nitrogens is 5. The molecule has 0 radical (unpaired) electrons. The minimum Gasteiger partial charge on any atom is -0.394 e. The van der Waals surface area contributed by atoms with Crippen molar-refractivity contribution in [3.63, 3.8) is 0 Å². The highest BCUT2D eigenvalue weighted by Crippen LogP contribution is 2.33. The summed E-state index contributed by atoms with van der Waals surface area (Å²) in [7, 11) is 0. The van der Waals surface area contributed by atoms with Crippen molar-refractivity contribution in [2.24, 2.45) is 0 Å². The number of H-pyrrole nitrogens is 1. The molecule has 2 fully saturated rings. The lowest BCUT2D eigenvalue weighted by Gasteiger charge is -2.18. The number of hydrogen-bond acceptors (Lipinski definition) is 9. The summed E-state index contributed by atoms with van der Waals surface area (Å²) in [6, 6.07) is 8.53. The van der Waals surface area contributed by atoms with Crippen molar-refractivity contribution < 1.29 is 20.1 Å². The smallest absolute Gasteiger partial charge is 0.226 e. The summed E-state index contributed by atoms with van der Waals surface area (Å²) in [5.74, 6) is 1.07. The number of nitrogens with one attached hydrogen (secondary N) is 3. The van der Waals surface area contributed by atoms with Gasteiger partial charge in [0.2, 0.25) is 5.95 Å². The second kappa shape index (κ2) is 9.66. The van der Waals surface area contributed by atoms with Gasteiger partial charge in [0.15, 0.2) is 23.2 Å². The normalized spacial score (nSPS) is 24.8. The SMILES string of the molecule is OC[C@H]1O[C@@H](n2cnc3c(NC4CCCC4)nc(NCCc4c[nH]c5ccccc45)nc32)[C@H](O)[C@@H]1O. The number of fused-ring (bicyclic) bond motifs is 2. The molecule has 1 aliphatic carbocycles. The first kappa shape index (κ1) is 23.2. The average Bonchev–Trinajstić information content (AvgIpc) is 3.68. The van der Waals surface area contributed by atoms with E-state index in [9.17, 15) is 15.3 Å². The van der Waals surface area contributed by atoms with Crippen LogP contribution in [-0.2, 0) is 11.2 Å². The third-order valence-corrected chi connectivity index (χ3v) is 7.26. The topological polar surface area (TPSA) is 153 Å².